The van der Waals surface area contributed by atoms with Crippen LogP contribution in [-0.4, -0.2) is 60.4 Å². The Balaban J connectivity index is 3.78. The molecule has 20 heavy (non-hydrogen) atoms. The van der Waals surface area contributed by atoms with Crippen LogP contribution in [0.5, 0.6) is 0 Å². The lowest BCUT2D eigenvalue weighted by Gasteiger charge is -2.27. The fourth-order valence-corrected chi connectivity index (χ4v) is 2.18. The minimum Gasteiger partial charge on any atom is -0.409 e. The average molecular weight is 288 g/mol. The van der Waals surface area contributed by atoms with Crippen molar-refractivity contribution in [3.8, 4) is 0 Å². The highest BCUT2D eigenvalue weighted by molar-refractivity contribution is 5.85. The molecule has 0 saturated heterocycles. The van der Waals surface area contributed by atoms with Crippen molar-refractivity contribution in [2.24, 2.45) is 16.3 Å². The molecule has 0 bridgehead atoms. The van der Waals surface area contributed by atoms with Crippen molar-refractivity contribution in [3.63, 3.8) is 0 Å². The maximum atomic E-state index is 10.1. The number of likely N-dealkylation sites (N-methyl/N-ethyl adjacent to an activating group) is 1. The van der Waals surface area contributed by atoms with Gasteiger partial charge in [-0.25, -0.2) is 0 Å². The van der Waals surface area contributed by atoms with Crippen molar-refractivity contribution in [2.75, 3.05) is 33.7 Å². The first-order valence-electron chi connectivity index (χ1n) is 7.16. The van der Waals surface area contributed by atoms with E-state index in [0.717, 1.165) is 25.8 Å². The Bertz CT molecular complexity index is 302. The highest BCUT2D eigenvalue weighted by Gasteiger charge is 2.23. The summed E-state index contributed by atoms with van der Waals surface area (Å²) in [4.78, 5) is 1.97. The third kappa shape index (κ3) is 8.35. The first kappa shape index (κ1) is 19.1. The van der Waals surface area contributed by atoms with Crippen molar-refractivity contribution < 1.29 is 10.3 Å². The van der Waals surface area contributed by atoms with E-state index < -0.39 is 5.60 Å². The first-order chi connectivity index (χ1) is 9.10. The molecule has 6 nitrogen and oxygen atoms in total. The molecule has 0 aliphatic carbocycles. The second-order valence-corrected chi connectivity index (χ2v) is 6.74. The summed E-state index contributed by atoms with van der Waals surface area (Å²) < 4.78 is 0. The zero-order chi connectivity index (χ0) is 15.8. The highest BCUT2D eigenvalue weighted by Crippen LogP contribution is 2.23. The molecule has 0 spiro atoms. The molecule has 5 N–H and O–H groups in total. The van der Waals surface area contributed by atoms with E-state index in [-0.39, 0.29) is 11.3 Å². The molecule has 6 heteroatoms. The van der Waals surface area contributed by atoms with Gasteiger partial charge in [0.2, 0.25) is 0 Å². The van der Waals surface area contributed by atoms with Gasteiger partial charge in [0.25, 0.3) is 0 Å². The second kappa shape index (κ2) is 8.44. The number of oxime groups is 1. The van der Waals surface area contributed by atoms with Crippen molar-refractivity contribution in [1.29, 1.82) is 0 Å². The Labute approximate surface area is 123 Å². The number of hydrogen-bond acceptors (Lipinski definition) is 5. The van der Waals surface area contributed by atoms with Gasteiger partial charge >= 0.3 is 0 Å². The van der Waals surface area contributed by atoms with Gasteiger partial charge in [0.1, 0.15) is 5.84 Å². The van der Waals surface area contributed by atoms with Gasteiger partial charge in [-0.05, 0) is 40.4 Å². The molecule has 0 heterocycles. The Morgan fingerprint density at radius 3 is 2.35 bits per heavy atom. The molecule has 0 aromatic rings. The van der Waals surface area contributed by atoms with Crippen LogP contribution in [0.2, 0.25) is 0 Å². The summed E-state index contributed by atoms with van der Waals surface area (Å²) >= 11 is 0. The van der Waals surface area contributed by atoms with E-state index in [4.69, 9.17) is 10.9 Å². The number of unbranched alkanes of at least 4 members (excludes halogenated alkanes) is 1. The predicted molar refractivity (Wildman–Crippen MR) is 83.1 cm³/mol. The van der Waals surface area contributed by atoms with Crippen molar-refractivity contribution in [1.82, 2.24) is 10.2 Å². The smallest absolute Gasteiger partial charge is 0.144 e. The van der Waals surface area contributed by atoms with Gasteiger partial charge in [-0.3, -0.25) is 0 Å². The zero-order valence-corrected chi connectivity index (χ0v) is 13.6. The molecular weight excluding hydrogens is 256 g/mol. The molecule has 0 fully saturated rings. The number of rotatable bonds is 10. The molecule has 1 atom stereocenters. The number of nitrogens with one attached hydrogen (secondary N) is 1. The van der Waals surface area contributed by atoms with E-state index in [1.54, 1.807) is 0 Å². The minimum absolute atomic E-state index is 0.273. The van der Waals surface area contributed by atoms with Crippen molar-refractivity contribution in [2.45, 2.75) is 45.6 Å². The van der Waals surface area contributed by atoms with E-state index in [9.17, 15) is 5.11 Å². The lowest BCUT2D eigenvalue weighted by molar-refractivity contribution is 0.0339. The SMILES string of the molecule is CN(C)CC(C)(O)CNCCCCC(C)(C)C(N)=NO. The number of nitrogens with zero attached hydrogens (tertiary/aromatic N) is 2. The maximum absolute atomic E-state index is 10.1. The van der Waals surface area contributed by atoms with Crippen molar-refractivity contribution >= 4 is 5.84 Å². The predicted octanol–water partition coefficient (Wildman–Crippen LogP) is 0.832. The van der Waals surface area contributed by atoms with Gasteiger partial charge in [-0.1, -0.05) is 25.4 Å². The largest absolute Gasteiger partial charge is 0.409 e. The third-order valence-electron chi connectivity index (χ3n) is 3.37. The molecule has 120 valence electrons. The minimum atomic E-state index is -0.712. The normalized spacial score (nSPS) is 16.4. The number of nitrogens with two attached hydrogens (primary N) is 1. The van der Waals surface area contributed by atoms with Crippen LogP contribution in [-0.2, 0) is 0 Å². The summed E-state index contributed by atoms with van der Waals surface area (Å²) in [5.74, 6) is 0.277. The average Bonchev–Trinajstić information content (AvgIpc) is 2.30. The molecule has 0 aromatic carbocycles. The fourth-order valence-electron chi connectivity index (χ4n) is 2.18. The summed E-state index contributed by atoms with van der Waals surface area (Å²) in [7, 11) is 3.90. The molecular formula is C14H32N4O2. The van der Waals surface area contributed by atoms with Crippen LogP contribution in [0.15, 0.2) is 5.16 Å². The lowest BCUT2D eigenvalue weighted by Crippen LogP contribution is -2.45. The van der Waals surface area contributed by atoms with Crippen LogP contribution in [0, 0.1) is 5.41 Å². The summed E-state index contributed by atoms with van der Waals surface area (Å²) in [6.07, 6.45) is 2.87. The highest BCUT2D eigenvalue weighted by atomic mass is 16.4. The molecule has 0 rings (SSSR count). The standard InChI is InChI=1S/C14H32N4O2/c1-13(2,12(15)17-20)8-6-7-9-16-10-14(3,19)11-18(4)5/h16,19-20H,6-11H2,1-5H3,(H2,15,17). The Kier molecular flexibility index (Phi) is 8.08. The van der Waals surface area contributed by atoms with Gasteiger partial charge in [0.15, 0.2) is 0 Å². The van der Waals surface area contributed by atoms with E-state index in [2.05, 4.69) is 10.5 Å². The number of aliphatic hydroxyl groups is 1. The van der Waals surface area contributed by atoms with Crippen LogP contribution >= 0.6 is 0 Å². The molecule has 0 amide bonds. The number of hydrogen-bond donors (Lipinski definition) is 4. The molecule has 0 aromatic heterocycles. The van der Waals surface area contributed by atoms with E-state index in [1.807, 2.05) is 39.8 Å². The third-order valence-corrected chi connectivity index (χ3v) is 3.37. The molecule has 0 aliphatic rings. The van der Waals surface area contributed by atoms with Gasteiger partial charge in [0, 0.05) is 18.5 Å². The monoisotopic (exact) mass is 288 g/mol. The van der Waals surface area contributed by atoms with E-state index >= 15 is 0 Å². The molecule has 1 unspecified atom stereocenters. The molecule has 0 saturated carbocycles. The Morgan fingerprint density at radius 2 is 1.85 bits per heavy atom. The summed E-state index contributed by atoms with van der Waals surface area (Å²) in [6, 6.07) is 0. The molecule has 0 radical (unpaired) electrons. The quantitative estimate of drug-likeness (QED) is 0.157. The summed E-state index contributed by atoms with van der Waals surface area (Å²) in [5.41, 5.74) is 4.66. The van der Waals surface area contributed by atoms with Gasteiger partial charge in [-0.2, -0.15) is 0 Å². The lowest BCUT2D eigenvalue weighted by atomic mass is 9.86. The van der Waals surface area contributed by atoms with Crippen molar-refractivity contribution in [3.05, 3.63) is 0 Å². The van der Waals surface area contributed by atoms with E-state index in [1.165, 1.54) is 0 Å². The first-order valence-corrected chi connectivity index (χ1v) is 7.16. The Morgan fingerprint density at radius 1 is 1.25 bits per heavy atom. The molecule has 0 aliphatic heterocycles. The van der Waals surface area contributed by atoms with Crippen LogP contribution in [0.25, 0.3) is 0 Å². The van der Waals surface area contributed by atoms with Crippen LogP contribution in [0.3, 0.4) is 0 Å². The zero-order valence-electron chi connectivity index (χ0n) is 13.6. The van der Waals surface area contributed by atoms with Crippen LogP contribution < -0.4 is 11.1 Å². The van der Waals surface area contributed by atoms with Gasteiger partial charge in [0.05, 0.1) is 5.60 Å². The van der Waals surface area contributed by atoms with Crippen LogP contribution in [0.4, 0.5) is 0 Å². The van der Waals surface area contributed by atoms with Gasteiger partial charge < -0.3 is 26.3 Å². The van der Waals surface area contributed by atoms with E-state index in [0.29, 0.717) is 13.1 Å². The fraction of sp³-hybridized carbons (Fsp3) is 0.929. The Hall–Kier alpha value is -0.850. The van der Waals surface area contributed by atoms with Gasteiger partial charge in [-0.15, -0.1) is 0 Å². The summed E-state index contributed by atoms with van der Waals surface area (Å²) in [6.45, 7) is 7.84. The topological polar surface area (TPSA) is 94.1 Å². The van der Waals surface area contributed by atoms with Crippen LogP contribution in [0.1, 0.15) is 40.0 Å². The maximum Gasteiger partial charge on any atom is 0.144 e. The second-order valence-electron chi connectivity index (χ2n) is 6.74. The summed E-state index contributed by atoms with van der Waals surface area (Å²) in [5, 5.41) is 25.2. The number of amidine groups is 1.